The molecule has 0 radical (unpaired) electrons. The van der Waals surface area contributed by atoms with Crippen LogP contribution in [0, 0.1) is 0 Å². The average Bonchev–Trinajstić information content (AvgIpc) is 4.19. The molecule has 10 aromatic carbocycles. The molecule has 0 unspecified atom stereocenters. The number of rotatable bonds is 6. The van der Waals surface area contributed by atoms with Crippen molar-refractivity contribution >= 4 is 115 Å². The Morgan fingerprint density at radius 1 is 0.507 bits per heavy atom. The first-order valence-electron chi connectivity index (χ1n) is 24.6. The number of para-hydroxylation sites is 3. The van der Waals surface area contributed by atoms with Gasteiger partial charge in [-0.2, -0.15) is 0 Å². The van der Waals surface area contributed by atoms with E-state index >= 15 is 0 Å². The number of hydrogen-bond donors (Lipinski definition) is 0. The summed E-state index contributed by atoms with van der Waals surface area (Å²) in [5.74, 6) is 0. The van der Waals surface area contributed by atoms with Crippen LogP contribution in [0.1, 0.15) is 41.3 Å². The van der Waals surface area contributed by atoms with Gasteiger partial charge in [-0.15, -0.1) is 0 Å². The number of nitrogens with zero attached hydrogens (tertiary/aromatic N) is 2. The number of furan rings is 2. The smallest absolute Gasteiger partial charge is 0.179 e. The van der Waals surface area contributed by atoms with Crippen molar-refractivity contribution in [3.05, 3.63) is 241 Å². The lowest BCUT2D eigenvalue weighted by molar-refractivity contribution is 0.633. The molecule has 0 aliphatic heterocycles. The van der Waals surface area contributed by atoms with Crippen molar-refractivity contribution in [3.63, 3.8) is 0 Å². The summed E-state index contributed by atoms with van der Waals surface area (Å²) in [5, 5.41) is 12.7. The Balaban J connectivity index is 0.866. The molecule has 4 heterocycles. The third-order valence-corrected chi connectivity index (χ3v) is 15.3. The van der Waals surface area contributed by atoms with E-state index in [2.05, 4.69) is 228 Å². The molecule has 0 amide bonds. The Labute approximate surface area is 408 Å². The third-order valence-electron chi connectivity index (χ3n) is 15.3. The highest BCUT2D eigenvalue weighted by atomic mass is 16.4. The van der Waals surface area contributed by atoms with Crippen LogP contribution >= 0.6 is 0 Å². The van der Waals surface area contributed by atoms with Crippen molar-refractivity contribution in [1.82, 2.24) is 9.13 Å². The Hall–Kier alpha value is -9.12. The summed E-state index contributed by atoms with van der Waals surface area (Å²) in [5.41, 5.74) is 18.2. The molecule has 1 aliphatic carbocycles. The zero-order chi connectivity index (χ0) is 46.9. The van der Waals surface area contributed by atoms with Gasteiger partial charge in [0.1, 0.15) is 11.2 Å². The zero-order valence-electron chi connectivity index (χ0n) is 39.0. The van der Waals surface area contributed by atoms with Gasteiger partial charge in [-0.25, -0.2) is 0 Å². The van der Waals surface area contributed by atoms with Crippen molar-refractivity contribution in [2.24, 2.45) is 0 Å². The van der Waals surface area contributed by atoms with Gasteiger partial charge in [0.05, 0.1) is 22.2 Å². The van der Waals surface area contributed by atoms with Crippen LogP contribution in [0.5, 0.6) is 0 Å². The van der Waals surface area contributed by atoms with Crippen molar-refractivity contribution < 1.29 is 8.83 Å². The molecule has 1 aliphatic rings. The lowest BCUT2D eigenvalue weighted by atomic mass is 9.91. The summed E-state index contributed by atoms with van der Waals surface area (Å²) in [6.07, 6.45) is 8.78. The summed E-state index contributed by atoms with van der Waals surface area (Å²) < 4.78 is 18.9. The van der Waals surface area contributed by atoms with Gasteiger partial charge in [-0.3, -0.25) is 0 Å². The average molecular weight is 909 g/mol. The minimum Gasteiger partial charge on any atom is -0.452 e. The fraction of sp³-hybridized carbons (Fsp3) is 0.0448. The first kappa shape index (κ1) is 39.8. The van der Waals surface area contributed by atoms with E-state index in [1.54, 1.807) is 0 Å². The molecule has 0 saturated carbocycles. The summed E-state index contributed by atoms with van der Waals surface area (Å²) in [6.45, 7) is 6.92. The van der Waals surface area contributed by atoms with Crippen LogP contribution < -0.4 is 0 Å². The van der Waals surface area contributed by atoms with E-state index in [0.717, 1.165) is 112 Å². The van der Waals surface area contributed by atoms with Crippen molar-refractivity contribution in [2.75, 3.05) is 0 Å². The second-order valence-electron chi connectivity index (χ2n) is 19.0. The molecule has 0 saturated heterocycles. The molecule has 334 valence electrons. The SMILES string of the molecule is C=C(c1ccccc1/C(=C\C)c1ccc2c(c1)oc1c3oc4cc(-c5ccc(-n6c7ccccc7c7ccccc76)c6ccccc56)ccc4c3c3ccccc3c21)n1c2c(c3ccccc31)C=CCC2. The van der Waals surface area contributed by atoms with E-state index in [1.165, 1.54) is 54.7 Å². The fourth-order valence-corrected chi connectivity index (χ4v) is 12.3. The Kier molecular flexibility index (Phi) is 8.52. The van der Waals surface area contributed by atoms with Crippen LogP contribution in [0.3, 0.4) is 0 Å². The highest BCUT2D eigenvalue weighted by Gasteiger charge is 2.25. The highest BCUT2D eigenvalue weighted by molar-refractivity contribution is 6.33. The minimum absolute atomic E-state index is 0.763. The Bertz CT molecular complexity index is 4620. The van der Waals surface area contributed by atoms with Gasteiger partial charge in [-0.1, -0.05) is 170 Å². The van der Waals surface area contributed by atoms with Crippen LogP contribution in [0.4, 0.5) is 0 Å². The highest BCUT2D eigenvalue weighted by Crippen LogP contribution is 2.47. The molecular weight excluding hydrogens is 865 g/mol. The first-order chi connectivity index (χ1) is 35.1. The van der Waals surface area contributed by atoms with E-state index < -0.39 is 0 Å². The fourth-order valence-electron chi connectivity index (χ4n) is 12.3. The van der Waals surface area contributed by atoms with Crippen molar-refractivity contribution in [2.45, 2.75) is 19.8 Å². The van der Waals surface area contributed by atoms with Gasteiger partial charge in [-0.05, 0) is 112 Å². The zero-order valence-corrected chi connectivity index (χ0v) is 39.0. The Morgan fingerprint density at radius 2 is 1.07 bits per heavy atom. The van der Waals surface area contributed by atoms with E-state index in [4.69, 9.17) is 15.4 Å². The lowest BCUT2D eigenvalue weighted by Crippen LogP contribution is -2.07. The van der Waals surface area contributed by atoms with Gasteiger partial charge in [0.2, 0.25) is 0 Å². The monoisotopic (exact) mass is 908 g/mol. The van der Waals surface area contributed by atoms with Gasteiger partial charge in [0, 0.05) is 65.6 Å². The molecule has 0 fully saturated rings. The largest absolute Gasteiger partial charge is 0.452 e. The number of aromatic nitrogens is 2. The molecule has 14 aromatic rings. The summed E-state index contributed by atoms with van der Waals surface area (Å²) in [4.78, 5) is 0. The van der Waals surface area contributed by atoms with E-state index in [0.29, 0.717) is 0 Å². The van der Waals surface area contributed by atoms with E-state index in [-0.39, 0.29) is 0 Å². The van der Waals surface area contributed by atoms with Crippen LogP contribution in [-0.2, 0) is 6.42 Å². The predicted molar refractivity (Wildman–Crippen MR) is 299 cm³/mol. The molecule has 4 nitrogen and oxygen atoms in total. The summed E-state index contributed by atoms with van der Waals surface area (Å²) in [7, 11) is 0. The standard InChI is InChI=1S/C67H44N2O2/c1-3-43(46-19-5-4-18-44(46)40(2)68-57-28-14-10-22-49(57)50-23-11-15-29-58(50)68)41-32-34-55-62(38-41)70-66-64(55)53-26-8-9-27-54(53)65-56-35-33-42(39-63(56)71-67(65)66)45-36-37-61(48-21-7-6-20-47(45)48)69-59-30-16-12-24-51(59)52-25-13-17-31-60(52)69/h3-14,16-28,30-39H,2,15,29H2,1H3/b43-3-. The maximum absolute atomic E-state index is 7.05. The van der Waals surface area contributed by atoms with Gasteiger partial charge in [0.15, 0.2) is 11.2 Å². The Morgan fingerprint density at radius 3 is 1.76 bits per heavy atom. The number of allylic oxidation sites excluding steroid dienone is 2. The molecule has 0 N–H and O–H groups in total. The maximum atomic E-state index is 7.05. The van der Waals surface area contributed by atoms with Gasteiger partial charge < -0.3 is 18.0 Å². The molecule has 0 spiro atoms. The molecular formula is C67H44N2O2. The van der Waals surface area contributed by atoms with E-state index in [1.807, 2.05) is 0 Å². The molecule has 0 atom stereocenters. The molecule has 4 heteroatoms. The number of fused-ring (bicyclic) bond motifs is 17. The van der Waals surface area contributed by atoms with Crippen molar-refractivity contribution in [3.8, 4) is 16.8 Å². The van der Waals surface area contributed by atoms with Crippen LogP contribution in [0.15, 0.2) is 222 Å². The second-order valence-corrected chi connectivity index (χ2v) is 19.0. The molecule has 4 aromatic heterocycles. The van der Waals surface area contributed by atoms with Crippen LogP contribution in [0.25, 0.3) is 132 Å². The topological polar surface area (TPSA) is 36.1 Å². The number of benzene rings is 10. The van der Waals surface area contributed by atoms with Gasteiger partial charge >= 0.3 is 0 Å². The first-order valence-corrected chi connectivity index (χ1v) is 24.6. The normalized spacial score (nSPS) is 13.1. The predicted octanol–water partition coefficient (Wildman–Crippen LogP) is 18.4. The summed E-state index contributed by atoms with van der Waals surface area (Å²) >= 11 is 0. The molecule has 71 heavy (non-hydrogen) atoms. The maximum Gasteiger partial charge on any atom is 0.179 e. The molecule has 15 rings (SSSR count). The van der Waals surface area contributed by atoms with Crippen molar-refractivity contribution in [1.29, 1.82) is 0 Å². The van der Waals surface area contributed by atoms with Gasteiger partial charge in [0.25, 0.3) is 0 Å². The minimum atomic E-state index is 0.763. The van der Waals surface area contributed by atoms with Crippen LogP contribution in [-0.4, -0.2) is 9.13 Å². The quantitative estimate of drug-likeness (QED) is 0.167. The molecule has 0 bridgehead atoms. The van der Waals surface area contributed by atoms with E-state index in [9.17, 15) is 0 Å². The third kappa shape index (κ3) is 5.67. The summed E-state index contributed by atoms with van der Waals surface area (Å²) in [6, 6.07) is 70.2. The lowest BCUT2D eigenvalue weighted by Gasteiger charge is -2.20. The second kappa shape index (κ2) is 15.2. The van der Waals surface area contributed by atoms with Crippen LogP contribution in [0.2, 0.25) is 0 Å². The number of hydrogen-bond acceptors (Lipinski definition) is 2.